The molecular formula is C14H21N3OS. The molecule has 0 saturated heterocycles. The van der Waals surface area contributed by atoms with Crippen molar-refractivity contribution in [3.05, 3.63) is 22.9 Å². The average molecular weight is 279 g/mol. The van der Waals surface area contributed by atoms with Gasteiger partial charge in [-0.05, 0) is 37.3 Å². The summed E-state index contributed by atoms with van der Waals surface area (Å²) in [7, 11) is 0. The summed E-state index contributed by atoms with van der Waals surface area (Å²) in [6.07, 6.45) is 4.23. The molecule has 1 aromatic heterocycles. The number of nitrogens with zero attached hydrogens (tertiary/aromatic N) is 2. The molecule has 0 radical (unpaired) electrons. The molecule has 5 heteroatoms. The maximum Gasteiger partial charge on any atom is 0.139 e. The molecule has 0 fully saturated rings. The zero-order valence-electron chi connectivity index (χ0n) is 11.4. The van der Waals surface area contributed by atoms with Crippen LogP contribution >= 0.6 is 12.2 Å². The lowest BCUT2D eigenvalue weighted by Crippen LogP contribution is -2.31. The van der Waals surface area contributed by atoms with Crippen LogP contribution in [0.1, 0.15) is 36.6 Å². The molecule has 3 N–H and O–H groups in total. The highest BCUT2D eigenvalue weighted by Crippen LogP contribution is 2.27. The van der Waals surface area contributed by atoms with E-state index in [1.807, 2.05) is 0 Å². The first kappa shape index (κ1) is 14.2. The van der Waals surface area contributed by atoms with Crippen molar-refractivity contribution in [2.24, 2.45) is 5.73 Å². The maximum atomic E-state index is 9.21. The third-order valence-electron chi connectivity index (χ3n) is 3.46. The highest BCUT2D eigenvalue weighted by Gasteiger charge is 2.20. The fraction of sp³-hybridized carbons (Fsp3) is 0.571. The van der Waals surface area contributed by atoms with Crippen LogP contribution in [-0.4, -0.2) is 34.8 Å². The Morgan fingerprint density at radius 1 is 1.47 bits per heavy atom. The van der Waals surface area contributed by atoms with E-state index in [1.165, 1.54) is 5.56 Å². The highest BCUT2D eigenvalue weighted by molar-refractivity contribution is 7.80. The number of hydrogen-bond acceptors (Lipinski definition) is 4. The number of nitrogens with two attached hydrogens (primary N) is 1. The van der Waals surface area contributed by atoms with Crippen molar-refractivity contribution in [1.29, 1.82) is 0 Å². The molecule has 4 nitrogen and oxygen atoms in total. The summed E-state index contributed by atoms with van der Waals surface area (Å²) in [5.74, 6) is 0.837. The second kappa shape index (κ2) is 6.30. The Hall–Kier alpha value is -1.20. The van der Waals surface area contributed by atoms with E-state index in [1.54, 1.807) is 0 Å². The molecule has 0 aliphatic heterocycles. The Labute approximate surface area is 119 Å². The van der Waals surface area contributed by atoms with Crippen molar-refractivity contribution in [2.75, 3.05) is 24.6 Å². The number of hydrogen-bond donors (Lipinski definition) is 2. The minimum Gasteiger partial charge on any atom is -0.395 e. The van der Waals surface area contributed by atoms with Crippen LogP contribution in [0.15, 0.2) is 6.07 Å². The monoisotopic (exact) mass is 279 g/mol. The number of aromatic nitrogens is 1. The Morgan fingerprint density at radius 2 is 2.26 bits per heavy atom. The van der Waals surface area contributed by atoms with Crippen LogP contribution in [0.3, 0.4) is 0 Å². The van der Waals surface area contributed by atoms with Crippen LogP contribution in [0.4, 0.5) is 5.82 Å². The van der Waals surface area contributed by atoms with E-state index >= 15 is 0 Å². The van der Waals surface area contributed by atoms with Crippen molar-refractivity contribution >= 4 is 23.0 Å². The molecule has 0 aromatic carbocycles. The molecule has 104 valence electrons. The maximum absolute atomic E-state index is 9.21. The predicted molar refractivity (Wildman–Crippen MR) is 81.7 cm³/mol. The van der Waals surface area contributed by atoms with E-state index in [0.29, 0.717) is 11.5 Å². The van der Waals surface area contributed by atoms with E-state index < -0.39 is 0 Å². The topological polar surface area (TPSA) is 62.4 Å². The summed E-state index contributed by atoms with van der Waals surface area (Å²) in [5.41, 5.74) is 9.12. The van der Waals surface area contributed by atoms with Crippen LogP contribution < -0.4 is 10.6 Å². The molecule has 1 heterocycles. The minimum atomic E-state index is 0.107. The number of rotatable bonds is 6. The van der Waals surface area contributed by atoms with Gasteiger partial charge in [-0.3, -0.25) is 0 Å². The number of fused-ring (bicyclic) bond motifs is 1. The summed E-state index contributed by atoms with van der Waals surface area (Å²) in [5, 5.41) is 9.21. The van der Waals surface area contributed by atoms with Crippen molar-refractivity contribution in [2.45, 2.75) is 32.6 Å². The van der Waals surface area contributed by atoms with Crippen molar-refractivity contribution in [1.82, 2.24) is 4.98 Å². The quantitative estimate of drug-likeness (QED) is 0.771. The van der Waals surface area contributed by atoms with Gasteiger partial charge in [-0.2, -0.15) is 0 Å². The van der Waals surface area contributed by atoms with E-state index in [9.17, 15) is 5.11 Å². The predicted octanol–water partition coefficient (Wildman–Crippen LogP) is 1.41. The number of anilines is 1. The SMILES string of the molecule is CCCN(CCO)c1nc2c(cc1C(N)=S)CCC2. The zero-order valence-corrected chi connectivity index (χ0v) is 12.2. The average Bonchev–Trinajstić information content (AvgIpc) is 2.84. The van der Waals surface area contributed by atoms with Gasteiger partial charge in [0, 0.05) is 18.8 Å². The van der Waals surface area contributed by atoms with Gasteiger partial charge in [0.2, 0.25) is 0 Å². The standard InChI is InChI=1S/C14H21N3OS/c1-2-6-17(7-8-18)14-11(13(15)19)9-10-4-3-5-12(10)16-14/h9,18H,2-8H2,1H3,(H2,15,19). The summed E-state index contributed by atoms with van der Waals surface area (Å²) in [6.45, 7) is 3.63. The van der Waals surface area contributed by atoms with Gasteiger partial charge >= 0.3 is 0 Å². The molecule has 0 amide bonds. The smallest absolute Gasteiger partial charge is 0.139 e. The molecular weight excluding hydrogens is 258 g/mol. The van der Waals surface area contributed by atoms with E-state index in [4.69, 9.17) is 22.9 Å². The number of aryl methyl sites for hydroxylation is 2. The lowest BCUT2D eigenvalue weighted by Gasteiger charge is -2.25. The second-order valence-corrected chi connectivity index (χ2v) is 5.33. The summed E-state index contributed by atoms with van der Waals surface area (Å²) in [6, 6.07) is 2.09. The van der Waals surface area contributed by atoms with Gasteiger partial charge in [0.05, 0.1) is 12.2 Å². The Bertz CT molecular complexity index is 470. The molecule has 1 aliphatic rings. The molecule has 0 unspecified atom stereocenters. The van der Waals surface area contributed by atoms with Gasteiger partial charge in [0.1, 0.15) is 10.8 Å². The molecule has 0 saturated carbocycles. The van der Waals surface area contributed by atoms with Crippen LogP contribution in [0.25, 0.3) is 0 Å². The first-order valence-electron chi connectivity index (χ1n) is 6.85. The van der Waals surface area contributed by atoms with E-state index in [-0.39, 0.29) is 6.61 Å². The van der Waals surface area contributed by atoms with Gasteiger partial charge in [0.15, 0.2) is 0 Å². The first-order chi connectivity index (χ1) is 9.17. The fourth-order valence-corrected chi connectivity index (χ4v) is 2.75. The summed E-state index contributed by atoms with van der Waals surface area (Å²) in [4.78, 5) is 7.22. The molecule has 0 atom stereocenters. The van der Waals surface area contributed by atoms with Crippen LogP contribution in [0, 0.1) is 0 Å². The summed E-state index contributed by atoms with van der Waals surface area (Å²) < 4.78 is 0. The number of aliphatic hydroxyl groups is 1. The second-order valence-electron chi connectivity index (χ2n) is 4.89. The van der Waals surface area contributed by atoms with E-state index in [0.717, 1.165) is 49.3 Å². The van der Waals surface area contributed by atoms with Crippen LogP contribution in [-0.2, 0) is 12.8 Å². The number of thiocarbonyl (C=S) groups is 1. The number of pyridine rings is 1. The van der Waals surface area contributed by atoms with Crippen molar-refractivity contribution in [3.63, 3.8) is 0 Å². The Balaban J connectivity index is 2.43. The largest absolute Gasteiger partial charge is 0.395 e. The lowest BCUT2D eigenvalue weighted by molar-refractivity contribution is 0.301. The number of aliphatic hydroxyl groups excluding tert-OH is 1. The third kappa shape index (κ3) is 3.04. The van der Waals surface area contributed by atoms with Gasteiger partial charge in [-0.15, -0.1) is 0 Å². The van der Waals surface area contributed by atoms with Crippen molar-refractivity contribution < 1.29 is 5.11 Å². The highest BCUT2D eigenvalue weighted by atomic mass is 32.1. The summed E-state index contributed by atoms with van der Waals surface area (Å²) >= 11 is 5.16. The fourth-order valence-electron chi connectivity index (χ4n) is 2.60. The van der Waals surface area contributed by atoms with Crippen LogP contribution in [0.2, 0.25) is 0 Å². The lowest BCUT2D eigenvalue weighted by atomic mass is 10.1. The molecule has 0 spiro atoms. The third-order valence-corrected chi connectivity index (χ3v) is 3.68. The Kier molecular flexibility index (Phi) is 4.71. The molecule has 2 rings (SSSR count). The van der Waals surface area contributed by atoms with Gasteiger partial charge in [0.25, 0.3) is 0 Å². The van der Waals surface area contributed by atoms with Gasteiger partial charge in [-0.1, -0.05) is 19.1 Å². The first-order valence-corrected chi connectivity index (χ1v) is 7.26. The Morgan fingerprint density at radius 3 is 2.89 bits per heavy atom. The molecule has 1 aromatic rings. The molecule has 1 aliphatic carbocycles. The zero-order chi connectivity index (χ0) is 13.8. The molecule has 19 heavy (non-hydrogen) atoms. The minimum absolute atomic E-state index is 0.107. The van der Waals surface area contributed by atoms with Crippen LogP contribution in [0.5, 0.6) is 0 Å². The molecule has 0 bridgehead atoms. The van der Waals surface area contributed by atoms with Gasteiger partial charge < -0.3 is 15.7 Å². The van der Waals surface area contributed by atoms with Crippen molar-refractivity contribution in [3.8, 4) is 0 Å². The van der Waals surface area contributed by atoms with E-state index in [2.05, 4.69) is 17.9 Å². The normalized spacial score (nSPS) is 13.4. The van der Waals surface area contributed by atoms with Gasteiger partial charge in [-0.25, -0.2) is 4.98 Å².